The fourth-order valence-electron chi connectivity index (χ4n) is 1.78. The van der Waals surface area contributed by atoms with E-state index in [2.05, 4.69) is 21.4 Å². The molecule has 1 heterocycles. The van der Waals surface area contributed by atoms with Gasteiger partial charge in [0.25, 0.3) is 0 Å². The van der Waals surface area contributed by atoms with Crippen molar-refractivity contribution >= 4 is 44.6 Å². The molecule has 3 nitrogen and oxygen atoms in total. The van der Waals surface area contributed by atoms with Crippen LogP contribution < -0.4 is 17.0 Å². The lowest BCUT2D eigenvalue weighted by Gasteiger charge is -2.18. The molecule has 0 amide bonds. The monoisotopic (exact) mass is 345 g/mol. The Morgan fingerprint density at radius 2 is 2.17 bits per heavy atom. The standard InChI is InChI=1S/C12H13BrClN3S/c13-9-3-4-18-12(9)6-11(17-16)8-2-1-7(14)5-10(8)15/h1-5,11,17H,6,15-16H2. The van der Waals surface area contributed by atoms with Gasteiger partial charge in [-0.1, -0.05) is 17.7 Å². The Kier molecular flexibility index (Phi) is 4.64. The summed E-state index contributed by atoms with van der Waals surface area (Å²) in [7, 11) is 0. The number of hydrogen-bond donors (Lipinski definition) is 3. The molecule has 1 unspecified atom stereocenters. The van der Waals surface area contributed by atoms with Crippen molar-refractivity contribution < 1.29 is 0 Å². The van der Waals surface area contributed by atoms with E-state index in [4.69, 9.17) is 23.2 Å². The second-order valence-electron chi connectivity index (χ2n) is 3.89. The summed E-state index contributed by atoms with van der Waals surface area (Å²) in [6.45, 7) is 0. The van der Waals surface area contributed by atoms with Crippen molar-refractivity contribution in [2.45, 2.75) is 12.5 Å². The van der Waals surface area contributed by atoms with Crippen LogP contribution in [0.2, 0.25) is 5.02 Å². The maximum atomic E-state index is 5.98. The van der Waals surface area contributed by atoms with Crippen LogP contribution in [0.1, 0.15) is 16.5 Å². The number of halogens is 2. The predicted molar refractivity (Wildman–Crippen MR) is 81.7 cm³/mol. The van der Waals surface area contributed by atoms with Gasteiger partial charge >= 0.3 is 0 Å². The second-order valence-corrected chi connectivity index (χ2v) is 6.18. The molecule has 5 N–H and O–H groups in total. The van der Waals surface area contributed by atoms with Gasteiger partial charge in [0.1, 0.15) is 0 Å². The molecule has 18 heavy (non-hydrogen) atoms. The molecule has 0 aliphatic rings. The summed E-state index contributed by atoms with van der Waals surface area (Å²) in [6, 6.07) is 7.46. The maximum absolute atomic E-state index is 5.98. The van der Waals surface area contributed by atoms with E-state index >= 15 is 0 Å². The lowest BCUT2D eigenvalue weighted by atomic mass is 10.0. The lowest BCUT2D eigenvalue weighted by Crippen LogP contribution is -2.30. The molecule has 0 saturated carbocycles. The van der Waals surface area contributed by atoms with E-state index in [-0.39, 0.29) is 6.04 Å². The first kappa shape index (κ1) is 13.8. The molecule has 0 aliphatic carbocycles. The van der Waals surface area contributed by atoms with Crippen LogP contribution in [0, 0.1) is 0 Å². The Morgan fingerprint density at radius 1 is 1.39 bits per heavy atom. The highest BCUT2D eigenvalue weighted by Gasteiger charge is 2.16. The first-order chi connectivity index (χ1) is 8.61. The summed E-state index contributed by atoms with van der Waals surface area (Å²) in [4.78, 5) is 1.23. The third-order valence-electron chi connectivity index (χ3n) is 2.71. The molecule has 2 rings (SSSR count). The number of nitrogen functional groups attached to an aromatic ring is 1. The fraction of sp³-hybridized carbons (Fsp3) is 0.167. The minimum Gasteiger partial charge on any atom is -0.398 e. The Morgan fingerprint density at radius 3 is 2.72 bits per heavy atom. The quantitative estimate of drug-likeness (QED) is 0.451. The summed E-state index contributed by atoms with van der Waals surface area (Å²) < 4.78 is 1.10. The summed E-state index contributed by atoms with van der Waals surface area (Å²) in [5.41, 5.74) is 10.4. The van der Waals surface area contributed by atoms with Gasteiger partial charge in [0.2, 0.25) is 0 Å². The van der Waals surface area contributed by atoms with Crippen LogP contribution in [-0.2, 0) is 6.42 Å². The Hall–Kier alpha value is -0.590. The highest BCUT2D eigenvalue weighted by molar-refractivity contribution is 9.10. The van der Waals surface area contributed by atoms with Gasteiger partial charge in [-0.3, -0.25) is 11.3 Å². The normalized spacial score (nSPS) is 12.6. The molecule has 0 bridgehead atoms. The van der Waals surface area contributed by atoms with Gasteiger partial charge in [-0.25, -0.2) is 0 Å². The van der Waals surface area contributed by atoms with Gasteiger partial charge in [-0.15, -0.1) is 11.3 Å². The van der Waals surface area contributed by atoms with Crippen molar-refractivity contribution in [1.82, 2.24) is 5.43 Å². The summed E-state index contributed by atoms with van der Waals surface area (Å²) in [5.74, 6) is 5.63. The summed E-state index contributed by atoms with van der Waals surface area (Å²) >= 11 is 11.1. The molecular weight excluding hydrogens is 334 g/mol. The van der Waals surface area contributed by atoms with E-state index in [1.165, 1.54) is 4.88 Å². The second kappa shape index (κ2) is 6.04. The Balaban J connectivity index is 2.26. The van der Waals surface area contributed by atoms with E-state index in [9.17, 15) is 0 Å². The van der Waals surface area contributed by atoms with E-state index in [1.807, 2.05) is 23.6 Å². The smallest absolute Gasteiger partial charge is 0.0528 e. The van der Waals surface area contributed by atoms with Gasteiger partial charge in [-0.2, -0.15) is 0 Å². The SMILES string of the molecule is NNC(Cc1sccc1Br)c1ccc(Cl)cc1N. The topological polar surface area (TPSA) is 64.1 Å². The molecule has 1 aromatic heterocycles. The van der Waals surface area contributed by atoms with Crippen LogP contribution in [0.3, 0.4) is 0 Å². The van der Waals surface area contributed by atoms with Gasteiger partial charge < -0.3 is 5.73 Å². The van der Waals surface area contributed by atoms with Crippen molar-refractivity contribution in [2.75, 3.05) is 5.73 Å². The van der Waals surface area contributed by atoms with E-state index < -0.39 is 0 Å². The first-order valence-electron chi connectivity index (χ1n) is 5.34. The van der Waals surface area contributed by atoms with E-state index in [1.54, 1.807) is 17.4 Å². The zero-order valence-electron chi connectivity index (χ0n) is 9.49. The zero-order valence-corrected chi connectivity index (χ0v) is 12.6. The molecule has 0 aliphatic heterocycles. The minimum absolute atomic E-state index is 0.0304. The number of hydrogen-bond acceptors (Lipinski definition) is 4. The van der Waals surface area contributed by atoms with Gasteiger partial charge in [0, 0.05) is 26.5 Å². The average Bonchev–Trinajstić information content (AvgIpc) is 2.73. The highest BCUT2D eigenvalue weighted by Crippen LogP contribution is 2.30. The lowest BCUT2D eigenvalue weighted by molar-refractivity contribution is 0.556. The van der Waals surface area contributed by atoms with Crippen molar-refractivity contribution in [2.24, 2.45) is 5.84 Å². The van der Waals surface area contributed by atoms with E-state index in [0.29, 0.717) is 10.7 Å². The molecule has 6 heteroatoms. The summed E-state index contributed by atoms with van der Waals surface area (Å²) in [6.07, 6.45) is 0.778. The number of nitrogens with one attached hydrogen (secondary N) is 1. The van der Waals surface area contributed by atoms with Crippen LogP contribution in [0.5, 0.6) is 0 Å². The van der Waals surface area contributed by atoms with Crippen molar-refractivity contribution in [3.63, 3.8) is 0 Å². The number of thiophene rings is 1. The Labute approximate surface area is 123 Å². The first-order valence-corrected chi connectivity index (χ1v) is 7.39. The van der Waals surface area contributed by atoms with Crippen LogP contribution in [-0.4, -0.2) is 0 Å². The minimum atomic E-state index is -0.0304. The van der Waals surface area contributed by atoms with Gasteiger partial charge in [0.05, 0.1) is 6.04 Å². The third-order valence-corrected chi connectivity index (χ3v) is 4.89. The largest absolute Gasteiger partial charge is 0.398 e. The number of rotatable bonds is 4. The number of anilines is 1. The number of hydrazine groups is 1. The number of nitrogens with two attached hydrogens (primary N) is 2. The van der Waals surface area contributed by atoms with Crippen molar-refractivity contribution in [1.29, 1.82) is 0 Å². The zero-order chi connectivity index (χ0) is 13.1. The maximum Gasteiger partial charge on any atom is 0.0528 e. The van der Waals surface area contributed by atoms with Crippen molar-refractivity contribution in [3.8, 4) is 0 Å². The molecule has 0 fully saturated rings. The molecule has 2 aromatic rings. The molecule has 1 atom stereocenters. The van der Waals surface area contributed by atoms with Crippen LogP contribution in [0.4, 0.5) is 5.69 Å². The number of benzene rings is 1. The Bertz CT molecular complexity index is 544. The predicted octanol–water partition coefficient (Wildman–Crippen LogP) is 3.49. The van der Waals surface area contributed by atoms with Crippen LogP contribution in [0.25, 0.3) is 0 Å². The van der Waals surface area contributed by atoms with Crippen LogP contribution >= 0.6 is 38.9 Å². The molecular formula is C12H13BrClN3S. The summed E-state index contributed by atoms with van der Waals surface area (Å²) in [5, 5.41) is 2.67. The van der Waals surface area contributed by atoms with Crippen molar-refractivity contribution in [3.05, 3.63) is 49.6 Å². The highest BCUT2D eigenvalue weighted by atomic mass is 79.9. The van der Waals surface area contributed by atoms with E-state index in [0.717, 1.165) is 16.5 Å². The average molecular weight is 347 g/mol. The fourth-order valence-corrected chi connectivity index (χ4v) is 3.52. The van der Waals surface area contributed by atoms with Crippen LogP contribution in [0.15, 0.2) is 34.1 Å². The third kappa shape index (κ3) is 3.05. The van der Waals surface area contributed by atoms with Gasteiger partial charge in [-0.05, 0) is 45.1 Å². The van der Waals surface area contributed by atoms with Gasteiger partial charge in [0.15, 0.2) is 0 Å². The molecule has 0 spiro atoms. The molecule has 1 aromatic carbocycles. The molecule has 0 radical (unpaired) electrons. The molecule has 0 saturated heterocycles. The molecule has 96 valence electrons.